The van der Waals surface area contributed by atoms with Gasteiger partial charge in [0.2, 0.25) is 0 Å². The number of hydrogen-bond donors (Lipinski definition) is 2. The molecule has 2 aromatic rings. The molecule has 6 nitrogen and oxygen atoms in total. The molecule has 0 saturated heterocycles. The number of nitrogens with zero attached hydrogens (tertiary/aromatic N) is 1. The Balaban J connectivity index is 2.04. The minimum atomic E-state index is -3.36. The summed E-state index contributed by atoms with van der Waals surface area (Å²) in [6.07, 6.45) is 3.36. The zero-order valence-corrected chi connectivity index (χ0v) is 13.9. The van der Waals surface area contributed by atoms with Crippen LogP contribution in [0, 0.1) is 6.92 Å². The second-order valence-electron chi connectivity index (χ2n) is 5.35. The number of nitrogens with one attached hydrogen (secondary N) is 1. The molecule has 0 aliphatic rings. The lowest BCUT2D eigenvalue weighted by Crippen LogP contribution is -2.26. The summed E-state index contributed by atoms with van der Waals surface area (Å²) in [6, 6.07) is 8.24. The molecule has 122 valence electrons. The van der Waals surface area contributed by atoms with E-state index in [1.54, 1.807) is 31.3 Å². The van der Waals surface area contributed by atoms with E-state index in [2.05, 4.69) is 10.3 Å². The summed E-state index contributed by atoms with van der Waals surface area (Å²) in [4.78, 5) is 16.2. The van der Waals surface area contributed by atoms with Gasteiger partial charge >= 0.3 is 0 Å². The number of sulfone groups is 1. The van der Waals surface area contributed by atoms with Crippen molar-refractivity contribution < 1.29 is 13.2 Å². The van der Waals surface area contributed by atoms with E-state index in [-0.39, 0.29) is 10.8 Å². The number of hydrogen-bond acceptors (Lipinski definition) is 5. The Hall–Kier alpha value is -2.41. The highest BCUT2D eigenvalue weighted by molar-refractivity contribution is 7.90. The molecule has 3 N–H and O–H groups in total. The number of aromatic nitrogens is 1. The molecule has 1 amide bonds. The van der Waals surface area contributed by atoms with Crippen molar-refractivity contribution in [2.24, 2.45) is 0 Å². The van der Waals surface area contributed by atoms with Gasteiger partial charge in [0.1, 0.15) is 5.82 Å². The molecule has 0 atom stereocenters. The minimum absolute atomic E-state index is 0.173. The quantitative estimate of drug-likeness (QED) is 0.860. The normalized spacial score (nSPS) is 11.2. The van der Waals surface area contributed by atoms with Gasteiger partial charge < -0.3 is 11.1 Å². The van der Waals surface area contributed by atoms with Crippen LogP contribution in [0.5, 0.6) is 0 Å². The zero-order valence-electron chi connectivity index (χ0n) is 13.0. The Bertz CT molecular complexity index is 832. The highest BCUT2D eigenvalue weighted by Gasteiger charge is 2.14. The standard InChI is InChI=1S/C16H19N3O3S/c1-11-3-4-13(10-14(11)23(2,21)22)16(20)19-8-6-12-5-7-18-15(17)9-12/h3-5,7,9-10H,6,8H2,1-2H3,(H2,17,18)(H,19,20). The third-order valence-electron chi connectivity index (χ3n) is 3.39. The molecule has 0 aliphatic heterocycles. The van der Waals surface area contributed by atoms with Crippen molar-refractivity contribution in [2.45, 2.75) is 18.2 Å². The predicted molar refractivity (Wildman–Crippen MR) is 89.0 cm³/mol. The molecule has 0 saturated carbocycles. The molecule has 0 unspecified atom stereocenters. The van der Waals surface area contributed by atoms with Gasteiger partial charge in [-0.3, -0.25) is 4.79 Å². The lowest BCUT2D eigenvalue weighted by Gasteiger charge is -2.09. The van der Waals surface area contributed by atoms with Gasteiger partial charge in [-0.1, -0.05) is 6.07 Å². The van der Waals surface area contributed by atoms with Crippen molar-refractivity contribution in [3.05, 3.63) is 53.2 Å². The van der Waals surface area contributed by atoms with E-state index in [4.69, 9.17) is 5.73 Å². The van der Waals surface area contributed by atoms with Crippen LogP contribution in [0.1, 0.15) is 21.5 Å². The first-order valence-electron chi connectivity index (χ1n) is 7.06. The van der Waals surface area contributed by atoms with Gasteiger partial charge in [0.15, 0.2) is 9.84 Å². The Morgan fingerprint density at radius 3 is 2.65 bits per heavy atom. The van der Waals surface area contributed by atoms with Gasteiger partial charge in [0.25, 0.3) is 5.91 Å². The molecule has 0 aliphatic carbocycles. The van der Waals surface area contributed by atoms with Crippen molar-refractivity contribution in [2.75, 3.05) is 18.5 Å². The van der Waals surface area contributed by atoms with Crippen molar-refractivity contribution >= 4 is 21.6 Å². The summed E-state index contributed by atoms with van der Waals surface area (Å²) >= 11 is 0. The summed E-state index contributed by atoms with van der Waals surface area (Å²) in [7, 11) is -3.36. The number of amides is 1. The van der Waals surface area contributed by atoms with Gasteiger partial charge in [-0.2, -0.15) is 0 Å². The molecular formula is C16H19N3O3S. The van der Waals surface area contributed by atoms with Crippen molar-refractivity contribution in [1.29, 1.82) is 0 Å². The average molecular weight is 333 g/mol. The van der Waals surface area contributed by atoms with E-state index in [0.717, 1.165) is 11.8 Å². The molecule has 0 radical (unpaired) electrons. The number of rotatable bonds is 5. The van der Waals surface area contributed by atoms with Crippen molar-refractivity contribution in [3.63, 3.8) is 0 Å². The van der Waals surface area contributed by atoms with Crippen LogP contribution in [0.3, 0.4) is 0 Å². The second-order valence-corrected chi connectivity index (χ2v) is 7.33. The molecular weight excluding hydrogens is 314 g/mol. The van der Waals surface area contributed by atoms with Crippen molar-refractivity contribution in [1.82, 2.24) is 10.3 Å². The third-order valence-corrected chi connectivity index (χ3v) is 4.63. The lowest BCUT2D eigenvalue weighted by atomic mass is 10.1. The fraction of sp³-hybridized carbons (Fsp3) is 0.250. The highest BCUT2D eigenvalue weighted by atomic mass is 32.2. The molecule has 1 aromatic heterocycles. The molecule has 7 heteroatoms. The Morgan fingerprint density at radius 1 is 1.26 bits per heavy atom. The highest BCUT2D eigenvalue weighted by Crippen LogP contribution is 2.17. The number of anilines is 1. The minimum Gasteiger partial charge on any atom is -0.384 e. The Morgan fingerprint density at radius 2 is 2.00 bits per heavy atom. The van der Waals surface area contributed by atoms with Crippen LogP contribution in [-0.2, 0) is 16.3 Å². The molecule has 1 heterocycles. The second kappa shape index (κ2) is 6.78. The van der Waals surface area contributed by atoms with Gasteiger partial charge in [-0.05, 0) is 48.7 Å². The smallest absolute Gasteiger partial charge is 0.251 e. The van der Waals surface area contributed by atoms with Gasteiger partial charge in [0.05, 0.1) is 4.90 Å². The van der Waals surface area contributed by atoms with Gasteiger partial charge in [-0.25, -0.2) is 13.4 Å². The maximum Gasteiger partial charge on any atom is 0.251 e. The third kappa shape index (κ3) is 4.53. The van der Waals surface area contributed by atoms with Crippen LogP contribution in [0.25, 0.3) is 0 Å². The van der Waals surface area contributed by atoms with E-state index < -0.39 is 9.84 Å². The summed E-state index contributed by atoms with van der Waals surface area (Å²) in [5, 5.41) is 2.77. The lowest BCUT2D eigenvalue weighted by molar-refractivity contribution is 0.0954. The topological polar surface area (TPSA) is 102 Å². The van der Waals surface area contributed by atoms with E-state index in [1.807, 2.05) is 6.07 Å². The van der Waals surface area contributed by atoms with E-state index in [9.17, 15) is 13.2 Å². The number of carbonyl (C=O) groups is 1. The monoisotopic (exact) mass is 333 g/mol. The number of nitrogens with two attached hydrogens (primary N) is 1. The van der Waals surface area contributed by atoms with Crippen molar-refractivity contribution in [3.8, 4) is 0 Å². The van der Waals surface area contributed by atoms with Gasteiger partial charge in [-0.15, -0.1) is 0 Å². The number of nitrogen functional groups attached to an aromatic ring is 1. The fourth-order valence-corrected chi connectivity index (χ4v) is 3.21. The number of pyridine rings is 1. The number of benzene rings is 1. The SMILES string of the molecule is Cc1ccc(C(=O)NCCc2ccnc(N)c2)cc1S(C)(=O)=O. The first kappa shape index (κ1) is 17.0. The summed E-state index contributed by atoms with van der Waals surface area (Å²) in [5.41, 5.74) is 7.51. The van der Waals surface area contributed by atoms with E-state index in [1.165, 1.54) is 6.07 Å². The maximum atomic E-state index is 12.1. The molecule has 23 heavy (non-hydrogen) atoms. The predicted octanol–water partition coefficient (Wildman–Crippen LogP) is 1.35. The summed E-state index contributed by atoms with van der Waals surface area (Å²) < 4.78 is 23.4. The average Bonchev–Trinajstić information content (AvgIpc) is 2.46. The van der Waals surface area contributed by atoms with Crippen LogP contribution in [0.15, 0.2) is 41.4 Å². The maximum absolute atomic E-state index is 12.1. The largest absolute Gasteiger partial charge is 0.384 e. The Labute approximate surface area is 135 Å². The first-order chi connectivity index (χ1) is 10.8. The van der Waals surface area contributed by atoms with E-state index in [0.29, 0.717) is 29.9 Å². The number of aryl methyl sites for hydroxylation is 1. The van der Waals surface area contributed by atoms with Crippen LogP contribution in [-0.4, -0.2) is 32.1 Å². The molecule has 2 rings (SSSR count). The molecule has 0 spiro atoms. The van der Waals surface area contributed by atoms with E-state index >= 15 is 0 Å². The molecule has 0 bridgehead atoms. The fourth-order valence-electron chi connectivity index (χ4n) is 2.21. The summed E-state index contributed by atoms with van der Waals surface area (Å²) in [6.45, 7) is 2.12. The number of carbonyl (C=O) groups excluding carboxylic acids is 1. The summed E-state index contributed by atoms with van der Waals surface area (Å²) in [5.74, 6) is 0.127. The van der Waals surface area contributed by atoms with Crippen LogP contribution in [0.2, 0.25) is 0 Å². The zero-order chi connectivity index (χ0) is 17.0. The van der Waals surface area contributed by atoms with Crippen LogP contribution < -0.4 is 11.1 Å². The Kier molecular flexibility index (Phi) is 5.00. The first-order valence-corrected chi connectivity index (χ1v) is 8.96. The van der Waals surface area contributed by atoms with Crippen LogP contribution >= 0.6 is 0 Å². The van der Waals surface area contributed by atoms with Crippen LogP contribution in [0.4, 0.5) is 5.82 Å². The van der Waals surface area contributed by atoms with Gasteiger partial charge in [0, 0.05) is 24.6 Å². The molecule has 0 fully saturated rings. The molecule has 1 aromatic carbocycles.